The Labute approximate surface area is 156 Å². The number of sulfonamides is 1. The van der Waals surface area contributed by atoms with Gasteiger partial charge >= 0.3 is 0 Å². The first-order valence-corrected chi connectivity index (χ1v) is 9.56. The van der Waals surface area contributed by atoms with Crippen LogP contribution in [0.5, 0.6) is 5.75 Å². The van der Waals surface area contributed by atoms with Crippen LogP contribution in [0.3, 0.4) is 0 Å². The fourth-order valence-electron chi connectivity index (χ4n) is 2.20. The third-order valence-corrected chi connectivity index (χ3v) is 5.30. The molecule has 0 fully saturated rings. The molecule has 3 rings (SSSR count). The minimum Gasteiger partial charge on any atom is -0.497 e. The molecular weight excluding hydrogens is 378 g/mol. The second-order valence-electron chi connectivity index (χ2n) is 5.34. The molecule has 0 radical (unpaired) electrons. The molecule has 0 aliphatic carbocycles. The second-order valence-corrected chi connectivity index (χ2v) is 7.55. The molecule has 0 atom stereocenters. The van der Waals surface area contributed by atoms with E-state index in [-0.39, 0.29) is 17.9 Å². The summed E-state index contributed by atoms with van der Waals surface area (Å²) in [6.45, 7) is 0.134. The molecule has 9 heteroatoms. The molecule has 3 aromatic rings. The second kappa shape index (κ2) is 7.86. The lowest BCUT2D eigenvalue weighted by Gasteiger charge is -2.05. The van der Waals surface area contributed by atoms with Crippen molar-refractivity contribution in [1.82, 2.24) is 14.9 Å². The van der Waals surface area contributed by atoms with Gasteiger partial charge in [0.2, 0.25) is 21.7 Å². The number of methoxy groups -OCH3 is 1. The van der Waals surface area contributed by atoms with Crippen LogP contribution in [0.25, 0.3) is 11.4 Å². The van der Waals surface area contributed by atoms with Crippen LogP contribution in [0.15, 0.2) is 57.9 Å². The molecule has 0 saturated carbocycles. The molecule has 0 unspecified atom stereocenters. The van der Waals surface area contributed by atoms with Gasteiger partial charge in [-0.1, -0.05) is 16.8 Å². The maximum absolute atomic E-state index is 12.2. The van der Waals surface area contributed by atoms with E-state index >= 15 is 0 Å². The van der Waals surface area contributed by atoms with Crippen molar-refractivity contribution in [2.45, 2.75) is 11.3 Å². The van der Waals surface area contributed by atoms with Crippen LogP contribution in [0.1, 0.15) is 5.89 Å². The van der Waals surface area contributed by atoms with E-state index in [2.05, 4.69) is 14.9 Å². The molecule has 0 amide bonds. The van der Waals surface area contributed by atoms with Crippen LogP contribution in [-0.2, 0) is 16.4 Å². The summed E-state index contributed by atoms with van der Waals surface area (Å²) in [5, 5.41) is 4.38. The lowest BCUT2D eigenvalue weighted by atomic mass is 10.2. The summed E-state index contributed by atoms with van der Waals surface area (Å²) in [5.74, 6) is 1.51. The fourth-order valence-corrected chi connectivity index (χ4v) is 3.36. The Bertz CT molecular complexity index is 970. The minimum absolute atomic E-state index is 0.134. The maximum atomic E-state index is 12.2. The monoisotopic (exact) mass is 393 g/mol. The van der Waals surface area contributed by atoms with Crippen LogP contribution in [0.4, 0.5) is 0 Å². The molecule has 1 N–H and O–H groups in total. The van der Waals surface area contributed by atoms with E-state index in [4.69, 9.17) is 20.9 Å². The Balaban J connectivity index is 1.60. The lowest BCUT2D eigenvalue weighted by molar-refractivity contribution is 0.379. The highest BCUT2D eigenvalue weighted by Crippen LogP contribution is 2.20. The van der Waals surface area contributed by atoms with E-state index in [9.17, 15) is 8.42 Å². The van der Waals surface area contributed by atoms with Gasteiger partial charge in [-0.05, 0) is 48.5 Å². The number of benzene rings is 2. The summed E-state index contributed by atoms with van der Waals surface area (Å²) in [4.78, 5) is 4.41. The number of aromatic nitrogens is 2. The number of halogens is 1. The smallest absolute Gasteiger partial charge is 0.240 e. The predicted octanol–water partition coefficient (Wildman–Crippen LogP) is 2.92. The number of nitrogens with zero attached hydrogens (tertiary/aromatic N) is 2. The molecule has 26 heavy (non-hydrogen) atoms. The number of nitrogens with one attached hydrogen (secondary N) is 1. The van der Waals surface area contributed by atoms with Crippen molar-refractivity contribution in [1.29, 1.82) is 0 Å². The highest BCUT2D eigenvalue weighted by atomic mass is 35.5. The normalized spacial score (nSPS) is 11.5. The van der Waals surface area contributed by atoms with Crippen molar-refractivity contribution in [2.24, 2.45) is 0 Å². The summed E-state index contributed by atoms with van der Waals surface area (Å²) in [6, 6.07) is 13.2. The average molecular weight is 394 g/mol. The topological polar surface area (TPSA) is 94.3 Å². The van der Waals surface area contributed by atoms with E-state index < -0.39 is 10.0 Å². The molecule has 1 heterocycles. The Morgan fingerprint density at radius 1 is 1.12 bits per heavy atom. The zero-order valence-electron chi connectivity index (χ0n) is 13.8. The van der Waals surface area contributed by atoms with Crippen molar-refractivity contribution in [3.8, 4) is 17.1 Å². The summed E-state index contributed by atoms with van der Waals surface area (Å²) in [6.07, 6.45) is 0.274. The van der Waals surface area contributed by atoms with Crippen molar-refractivity contribution >= 4 is 21.6 Å². The van der Waals surface area contributed by atoms with E-state index in [1.54, 1.807) is 19.2 Å². The Morgan fingerprint density at radius 3 is 2.46 bits per heavy atom. The van der Waals surface area contributed by atoms with Gasteiger partial charge in [0.15, 0.2) is 0 Å². The lowest BCUT2D eigenvalue weighted by Crippen LogP contribution is -2.26. The third kappa shape index (κ3) is 4.40. The van der Waals surface area contributed by atoms with E-state index in [1.165, 1.54) is 24.3 Å². The Kier molecular flexibility index (Phi) is 5.55. The molecule has 0 aliphatic heterocycles. The summed E-state index contributed by atoms with van der Waals surface area (Å²) < 4.78 is 37.1. The van der Waals surface area contributed by atoms with E-state index in [0.717, 1.165) is 11.3 Å². The van der Waals surface area contributed by atoms with Crippen molar-refractivity contribution < 1.29 is 17.7 Å². The number of hydrogen-bond acceptors (Lipinski definition) is 6. The zero-order valence-corrected chi connectivity index (χ0v) is 15.4. The molecule has 0 saturated heterocycles. The van der Waals surface area contributed by atoms with Crippen molar-refractivity contribution in [3.05, 3.63) is 59.4 Å². The Hall–Kier alpha value is -2.42. The molecule has 0 spiro atoms. The average Bonchev–Trinajstić information content (AvgIpc) is 3.11. The minimum atomic E-state index is -3.61. The first-order chi connectivity index (χ1) is 12.5. The van der Waals surface area contributed by atoms with Crippen LogP contribution in [-0.4, -0.2) is 32.2 Å². The third-order valence-electron chi connectivity index (χ3n) is 3.57. The van der Waals surface area contributed by atoms with Crippen LogP contribution >= 0.6 is 11.6 Å². The van der Waals surface area contributed by atoms with Gasteiger partial charge in [0.1, 0.15) is 5.75 Å². The number of hydrogen-bond donors (Lipinski definition) is 1. The summed E-state index contributed by atoms with van der Waals surface area (Å²) in [5.41, 5.74) is 0.780. The van der Waals surface area contributed by atoms with Crippen LogP contribution < -0.4 is 9.46 Å². The van der Waals surface area contributed by atoms with Gasteiger partial charge < -0.3 is 9.26 Å². The van der Waals surface area contributed by atoms with Gasteiger partial charge in [0.05, 0.1) is 12.0 Å². The molecule has 0 aliphatic rings. The molecule has 136 valence electrons. The predicted molar refractivity (Wildman–Crippen MR) is 96.6 cm³/mol. The highest BCUT2D eigenvalue weighted by molar-refractivity contribution is 7.89. The van der Waals surface area contributed by atoms with Gasteiger partial charge in [-0.3, -0.25) is 0 Å². The van der Waals surface area contributed by atoms with Gasteiger partial charge in [0.25, 0.3) is 0 Å². The first kappa shape index (κ1) is 18.4. The molecule has 7 nitrogen and oxygen atoms in total. The first-order valence-electron chi connectivity index (χ1n) is 7.70. The fraction of sp³-hybridized carbons (Fsp3) is 0.176. The standard InChI is InChI=1S/C17H16ClN3O4S/c1-24-14-6-2-12(3-7-14)17-20-16(25-21-17)10-11-19-26(22,23)15-8-4-13(18)5-9-15/h2-9,19H,10-11H2,1H3. The highest BCUT2D eigenvalue weighted by Gasteiger charge is 2.14. The van der Waals surface area contributed by atoms with E-state index in [1.807, 2.05) is 12.1 Å². The van der Waals surface area contributed by atoms with Crippen molar-refractivity contribution in [3.63, 3.8) is 0 Å². The number of rotatable bonds is 7. The van der Waals surface area contributed by atoms with Gasteiger partial charge in [-0.15, -0.1) is 0 Å². The molecule has 0 bridgehead atoms. The number of ether oxygens (including phenoxy) is 1. The van der Waals surface area contributed by atoms with Gasteiger partial charge in [-0.2, -0.15) is 4.98 Å². The quantitative estimate of drug-likeness (QED) is 0.663. The maximum Gasteiger partial charge on any atom is 0.240 e. The van der Waals surface area contributed by atoms with Crippen LogP contribution in [0, 0.1) is 0 Å². The SMILES string of the molecule is COc1ccc(-c2noc(CCNS(=O)(=O)c3ccc(Cl)cc3)n2)cc1. The van der Waals surface area contributed by atoms with Crippen LogP contribution in [0.2, 0.25) is 5.02 Å². The zero-order chi connectivity index (χ0) is 18.6. The van der Waals surface area contributed by atoms with E-state index in [0.29, 0.717) is 16.7 Å². The summed E-state index contributed by atoms with van der Waals surface area (Å²) >= 11 is 5.77. The van der Waals surface area contributed by atoms with Gasteiger partial charge in [-0.25, -0.2) is 13.1 Å². The van der Waals surface area contributed by atoms with Crippen molar-refractivity contribution in [2.75, 3.05) is 13.7 Å². The molecule has 2 aromatic carbocycles. The molecule has 1 aromatic heterocycles. The van der Waals surface area contributed by atoms with Gasteiger partial charge in [0, 0.05) is 23.6 Å². The molecular formula is C17H16ClN3O4S. The largest absolute Gasteiger partial charge is 0.497 e. The Morgan fingerprint density at radius 2 is 1.81 bits per heavy atom. The summed E-state index contributed by atoms with van der Waals surface area (Å²) in [7, 11) is -2.02.